The zero-order valence-corrected chi connectivity index (χ0v) is 16.6. The molecule has 0 bridgehead atoms. The Hall–Kier alpha value is -3.04. The first-order valence-electron chi connectivity index (χ1n) is 9.36. The molecular formula is C20H24F3N3O4. The lowest BCUT2D eigenvalue weighted by atomic mass is 10.0. The van der Waals surface area contributed by atoms with Crippen LogP contribution in [0, 0.1) is 5.92 Å². The number of aromatic nitrogens is 2. The molecule has 30 heavy (non-hydrogen) atoms. The smallest absolute Gasteiger partial charge is 0.416 e. The summed E-state index contributed by atoms with van der Waals surface area (Å²) in [7, 11) is 0. The molecule has 1 amide bonds. The summed E-state index contributed by atoms with van der Waals surface area (Å²) < 4.78 is 39.8. The molecule has 0 aliphatic carbocycles. The number of benzene rings is 1. The molecular weight excluding hydrogens is 403 g/mol. The summed E-state index contributed by atoms with van der Waals surface area (Å²) in [5.74, 6) is -1.21. The van der Waals surface area contributed by atoms with Gasteiger partial charge in [-0.05, 0) is 30.0 Å². The number of halogens is 3. The number of alkyl halides is 3. The lowest BCUT2D eigenvalue weighted by molar-refractivity contribution is -0.143. The van der Waals surface area contributed by atoms with E-state index in [1.54, 1.807) is 4.57 Å². The summed E-state index contributed by atoms with van der Waals surface area (Å²) in [6, 6.07) is 3.59. The van der Waals surface area contributed by atoms with E-state index in [4.69, 9.17) is 0 Å². The number of aliphatic carboxylic acids is 1. The zero-order valence-electron chi connectivity index (χ0n) is 16.6. The summed E-state index contributed by atoms with van der Waals surface area (Å²) in [5, 5.41) is 18.9. The molecule has 0 saturated carbocycles. The van der Waals surface area contributed by atoms with Gasteiger partial charge in [0.15, 0.2) is 0 Å². The standard InChI is InChI=1S/C20H24F3N3O4/c1-13(2)9-17(18(27)28)26(19(29)30)8-7-16-10-24-12-25(16)11-14-3-5-15(6-4-14)20(21,22)23/h3-6,10,12-13,17H,7-9,11H2,1-2H3,(H,27,28)(H,29,30). The highest BCUT2D eigenvalue weighted by Gasteiger charge is 2.31. The van der Waals surface area contributed by atoms with E-state index in [0.717, 1.165) is 17.0 Å². The van der Waals surface area contributed by atoms with Gasteiger partial charge in [0.1, 0.15) is 6.04 Å². The summed E-state index contributed by atoms with van der Waals surface area (Å²) in [4.78, 5) is 28.1. The van der Waals surface area contributed by atoms with E-state index >= 15 is 0 Å². The van der Waals surface area contributed by atoms with Crippen molar-refractivity contribution >= 4 is 12.1 Å². The fourth-order valence-corrected chi connectivity index (χ4v) is 3.12. The first-order chi connectivity index (χ1) is 14.0. The van der Waals surface area contributed by atoms with E-state index in [1.165, 1.54) is 24.7 Å². The van der Waals surface area contributed by atoms with Gasteiger partial charge in [-0.15, -0.1) is 0 Å². The van der Waals surface area contributed by atoms with Gasteiger partial charge in [-0.1, -0.05) is 26.0 Å². The first kappa shape index (κ1) is 23.2. The Labute approximate surface area is 171 Å². The van der Waals surface area contributed by atoms with Crippen molar-refractivity contribution < 1.29 is 33.0 Å². The Morgan fingerprint density at radius 1 is 1.17 bits per heavy atom. The second-order valence-corrected chi connectivity index (χ2v) is 7.42. The van der Waals surface area contributed by atoms with E-state index in [2.05, 4.69) is 4.98 Å². The molecule has 2 N–H and O–H groups in total. The average Bonchev–Trinajstić information content (AvgIpc) is 3.07. The van der Waals surface area contributed by atoms with Crippen LogP contribution < -0.4 is 0 Å². The lowest BCUT2D eigenvalue weighted by Gasteiger charge is -2.27. The fraction of sp³-hybridized carbons (Fsp3) is 0.450. The maximum Gasteiger partial charge on any atom is 0.416 e. The van der Waals surface area contributed by atoms with Crippen LogP contribution in [0.1, 0.15) is 37.1 Å². The largest absolute Gasteiger partial charge is 0.480 e. The minimum Gasteiger partial charge on any atom is -0.480 e. The van der Waals surface area contributed by atoms with Gasteiger partial charge in [-0.2, -0.15) is 13.2 Å². The number of hydrogen-bond donors (Lipinski definition) is 2. The predicted octanol–water partition coefficient (Wildman–Crippen LogP) is 3.97. The Morgan fingerprint density at radius 2 is 1.80 bits per heavy atom. The molecule has 0 aliphatic rings. The molecule has 0 fully saturated rings. The minimum absolute atomic E-state index is 0.00171. The summed E-state index contributed by atoms with van der Waals surface area (Å²) in [6.07, 6.45) is -2.29. The van der Waals surface area contributed by atoms with Crippen molar-refractivity contribution in [2.45, 2.75) is 45.5 Å². The van der Waals surface area contributed by atoms with Crippen molar-refractivity contribution in [1.29, 1.82) is 0 Å². The van der Waals surface area contributed by atoms with E-state index in [-0.39, 0.29) is 31.8 Å². The minimum atomic E-state index is -4.41. The average molecular weight is 427 g/mol. The van der Waals surface area contributed by atoms with Crippen LogP contribution in [-0.2, 0) is 23.9 Å². The van der Waals surface area contributed by atoms with Crippen LogP contribution >= 0.6 is 0 Å². The third-order valence-electron chi connectivity index (χ3n) is 4.64. The van der Waals surface area contributed by atoms with Crippen molar-refractivity contribution in [1.82, 2.24) is 14.5 Å². The van der Waals surface area contributed by atoms with Crippen LogP contribution in [-0.4, -0.2) is 49.3 Å². The van der Waals surface area contributed by atoms with Gasteiger partial charge in [-0.3, -0.25) is 4.90 Å². The second-order valence-electron chi connectivity index (χ2n) is 7.42. The molecule has 1 unspecified atom stereocenters. The molecule has 164 valence electrons. The van der Waals surface area contributed by atoms with Gasteiger partial charge in [-0.25, -0.2) is 14.6 Å². The van der Waals surface area contributed by atoms with Crippen molar-refractivity contribution in [2.75, 3.05) is 6.54 Å². The van der Waals surface area contributed by atoms with Gasteiger partial charge in [0.25, 0.3) is 0 Å². The molecule has 1 heterocycles. The highest BCUT2D eigenvalue weighted by Crippen LogP contribution is 2.29. The fourth-order valence-electron chi connectivity index (χ4n) is 3.12. The zero-order chi connectivity index (χ0) is 22.5. The van der Waals surface area contributed by atoms with E-state index in [1.807, 2.05) is 13.8 Å². The van der Waals surface area contributed by atoms with E-state index in [0.29, 0.717) is 11.3 Å². The molecule has 1 atom stereocenters. The molecule has 1 aromatic carbocycles. The molecule has 1 aromatic heterocycles. The number of carbonyl (C=O) groups is 2. The van der Waals surface area contributed by atoms with Crippen LogP contribution in [0.4, 0.5) is 18.0 Å². The predicted molar refractivity (Wildman–Crippen MR) is 102 cm³/mol. The molecule has 0 saturated heterocycles. The van der Waals surface area contributed by atoms with Gasteiger partial charge >= 0.3 is 18.2 Å². The summed E-state index contributed by atoms with van der Waals surface area (Å²) >= 11 is 0. The van der Waals surface area contributed by atoms with E-state index < -0.39 is 29.8 Å². The van der Waals surface area contributed by atoms with Gasteiger partial charge in [0, 0.05) is 31.4 Å². The van der Waals surface area contributed by atoms with Gasteiger partial charge in [0.2, 0.25) is 0 Å². The normalized spacial score (nSPS) is 12.7. The van der Waals surface area contributed by atoms with Crippen LogP contribution in [0.25, 0.3) is 0 Å². The summed E-state index contributed by atoms with van der Waals surface area (Å²) in [5.41, 5.74) is 0.537. The third-order valence-corrected chi connectivity index (χ3v) is 4.64. The van der Waals surface area contributed by atoms with Crippen molar-refractivity contribution in [2.24, 2.45) is 5.92 Å². The quantitative estimate of drug-likeness (QED) is 0.631. The van der Waals surface area contributed by atoms with Crippen LogP contribution in [0.3, 0.4) is 0 Å². The van der Waals surface area contributed by atoms with E-state index in [9.17, 15) is 33.0 Å². The number of carboxylic acids is 1. The first-order valence-corrected chi connectivity index (χ1v) is 9.36. The SMILES string of the molecule is CC(C)CC(C(=O)O)N(CCc1cncn1Cc1ccc(C(F)(F)F)cc1)C(=O)O. The van der Waals surface area contributed by atoms with Crippen LogP contribution in [0.2, 0.25) is 0 Å². The molecule has 7 nitrogen and oxygen atoms in total. The molecule has 0 radical (unpaired) electrons. The van der Waals surface area contributed by atoms with Crippen LogP contribution in [0.15, 0.2) is 36.8 Å². The number of imidazole rings is 1. The molecule has 2 aromatic rings. The molecule has 2 rings (SSSR count). The van der Waals surface area contributed by atoms with Gasteiger partial charge in [0.05, 0.1) is 11.9 Å². The monoisotopic (exact) mass is 427 g/mol. The lowest BCUT2D eigenvalue weighted by Crippen LogP contribution is -2.46. The Kier molecular flexibility index (Phi) is 7.47. The van der Waals surface area contributed by atoms with Crippen molar-refractivity contribution in [3.8, 4) is 0 Å². The Bertz CT molecular complexity index is 863. The molecule has 10 heteroatoms. The van der Waals surface area contributed by atoms with Crippen molar-refractivity contribution in [3.05, 3.63) is 53.6 Å². The number of carboxylic acid groups (broad SMARTS) is 2. The number of hydrogen-bond acceptors (Lipinski definition) is 3. The maximum absolute atomic E-state index is 12.7. The van der Waals surface area contributed by atoms with Crippen LogP contribution in [0.5, 0.6) is 0 Å². The topological polar surface area (TPSA) is 95.7 Å². The third kappa shape index (κ3) is 6.23. The van der Waals surface area contributed by atoms with Crippen molar-refractivity contribution in [3.63, 3.8) is 0 Å². The van der Waals surface area contributed by atoms with Gasteiger partial charge < -0.3 is 14.8 Å². The number of rotatable bonds is 9. The molecule has 0 spiro atoms. The number of amides is 1. The highest BCUT2D eigenvalue weighted by atomic mass is 19.4. The summed E-state index contributed by atoms with van der Waals surface area (Å²) in [6.45, 7) is 3.84. The Balaban J connectivity index is 2.10. The Morgan fingerprint density at radius 3 is 2.30 bits per heavy atom. The number of nitrogens with zero attached hydrogens (tertiary/aromatic N) is 3. The molecule has 0 aliphatic heterocycles. The maximum atomic E-state index is 12.7. The highest BCUT2D eigenvalue weighted by molar-refractivity contribution is 5.79. The second kappa shape index (κ2) is 9.64.